The second-order valence-electron chi connectivity index (χ2n) is 4.13. The van der Waals surface area contributed by atoms with Gasteiger partial charge in [-0.15, -0.1) is 0 Å². The van der Waals surface area contributed by atoms with Crippen LogP contribution in [0.3, 0.4) is 0 Å². The van der Waals surface area contributed by atoms with Crippen molar-refractivity contribution in [1.82, 2.24) is 5.32 Å². The Bertz CT molecular complexity index is 359. The largest absolute Gasteiger partial charge is 0.505 e. The first kappa shape index (κ1) is 10.4. The lowest BCUT2D eigenvalue weighted by Gasteiger charge is -2.26. The molecule has 1 saturated heterocycles. The van der Waals surface area contributed by atoms with E-state index in [0.29, 0.717) is 0 Å². The molecule has 0 radical (unpaired) electrons. The van der Waals surface area contributed by atoms with Gasteiger partial charge >= 0.3 is 0 Å². The zero-order valence-corrected chi connectivity index (χ0v) is 8.89. The van der Waals surface area contributed by atoms with Crippen molar-refractivity contribution >= 4 is 0 Å². The van der Waals surface area contributed by atoms with Crippen LogP contribution in [0.1, 0.15) is 36.4 Å². The van der Waals surface area contributed by atoms with Gasteiger partial charge in [-0.05, 0) is 37.9 Å². The van der Waals surface area contributed by atoms with Crippen molar-refractivity contribution in [1.29, 1.82) is 0 Å². The summed E-state index contributed by atoms with van der Waals surface area (Å²) < 4.78 is 13.2. The molecule has 0 amide bonds. The summed E-state index contributed by atoms with van der Waals surface area (Å²) in [5, 5.41) is 13.0. The van der Waals surface area contributed by atoms with E-state index in [1.54, 1.807) is 6.07 Å². The lowest BCUT2D eigenvalue weighted by atomic mass is 9.93. The second kappa shape index (κ2) is 4.19. The molecule has 1 aromatic carbocycles. The van der Waals surface area contributed by atoms with Gasteiger partial charge in [0.2, 0.25) is 0 Å². The van der Waals surface area contributed by atoms with Crippen LogP contribution in [0.2, 0.25) is 0 Å². The Labute approximate surface area is 89.1 Å². The van der Waals surface area contributed by atoms with E-state index in [9.17, 15) is 9.50 Å². The predicted octanol–water partition coefficient (Wildman–Crippen LogP) is 2.65. The number of phenolic OH excluding ortho intramolecular Hbond substituents is 1. The van der Waals surface area contributed by atoms with Crippen molar-refractivity contribution in [2.24, 2.45) is 0 Å². The molecule has 2 N–H and O–H groups in total. The van der Waals surface area contributed by atoms with E-state index in [2.05, 4.69) is 5.32 Å². The highest BCUT2D eigenvalue weighted by Gasteiger charge is 2.21. The molecule has 1 aromatic rings. The van der Waals surface area contributed by atoms with Crippen LogP contribution in [-0.4, -0.2) is 11.7 Å². The van der Waals surface area contributed by atoms with Crippen LogP contribution in [0.4, 0.5) is 4.39 Å². The highest BCUT2D eigenvalue weighted by molar-refractivity contribution is 5.42. The average molecular weight is 209 g/mol. The number of hydrogen-bond acceptors (Lipinski definition) is 2. The van der Waals surface area contributed by atoms with E-state index >= 15 is 0 Å². The van der Waals surface area contributed by atoms with Crippen molar-refractivity contribution < 1.29 is 9.50 Å². The maximum absolute atomic E-state index is 13.2. The first-order valence-electron chi connectivity index (χ1n) is 5.41. The van der Waals surface area contributed by atoms with Crippen LogP contribution in [0.25, 0.3) is 0 Å². The van der Waals surface area contributed by atoms with Gasteiger partial charge in [-0.1, -0.05) is 12.5 Å². The Morgan fingerprint density at radius 1 is 1.40 bits per heavy atom. The number of benzene rings is 1. The molecule has 0 spiro atoms. The molecule has 82 valence electrons. The number of piperidine rings is 1. The predicted molar refractivity (Wildman–Crippen MR) is 57.4 cm³/mol. The Hall–Kier alpha value is -1.09. The number of aromatic hydroxyl groups is 1. The molecule has 0 unspecified atom stereocenters. The summed E-state index contributed by atoms with van der Waals surface area (Å²) >= 11 is 0. The normalized spacial score (nSPS) is 21.6. The molecule has 0 aliphatic carbocycles. The summed E-state index contributed by atoms with van der Waals surface area (Å²) in [4.78, 5) is 0. The van der Waals surface area contributed by atoms with Crippen LogP contribution >= 0.6 is 0 Å². The molecule has 3 heteroatoms. The molecule has 15 heavy (non-hydrogen) atoms. The zero-order valence-electron chi connectivity index (χ0n) is 8.89. The third-order valence-electron chi connectivity index (χ3n) is 3.04. The van der Waals surface area contributed by atoms with Gasteiger partial charge in [0.1, 0.15) is 0 Å². The molecule has 1 atom stereocenters. The van der Waals surface area contributed by atoms with Gasteiger partial charge in [-0.2, -0.15) is 0 Å². The molecule has 0 bridgehead atoms. The zero-order chi connectivity index (χ0) is 10.8. The molecular formula is C12H16FNO. The molecule has 1 heterocycles. The number of hydrogen-bond donors (Lipinski definition) is 2. The van der Waals surface area contributed by atoms with Crippen LogP contribution in [0.15, 0.2) is 12.1 Å². The molecule has 1 fully saturated rings. The average Bonchev–Trinajstić information content (AvgIpc) is 2.26. The lowest BCUT2D eigenvalue weighted by Crippen LogP contribution is -2.27. The Balaban J connectivity index is 2.36. The number of aryl methyl sites for hydroxylation is 1. The highest BCUT2D eigenvalue weighted by atomic mass is 19.1. The van der Waals surface area contributed by atoms with Gasteiger partial charge in [0.25, 0.3) is 0 Å². The summed E-state index contributed by atoms with van der Waals surface area (Å²) in [5.74, 6) is -0.711. The topological polar surface area (TPSA) is 32.3 Å². The maximum atomic E-state index is 13.2. The van der Waals surface area contributed by atoms with Gasteiger partial charge in [-0.3, -0.25) is 0 Å². The van der Waals surface area contributed by atoms with Gasteiger partial charge in [0.15, 0.2) is 11.6 Å². The summed E-state index contributed by atoms with van der Waals surface area (Å²) in [6.45, 7) is 2.85. The fraction of sp³-hybridized carbons (Fsp3) is 0.500. The van der Waals surface area contributed by atoms with Gasteiger partial charge in [0, 0.05) is 11.6 Å². The molecule has 2 rings (SSSR count). The first-order chi connectivity index (χ1) is 7.20. The number of phenols is 1. The molecule has 2 nitrogen and oxygen atoms in total. The van der Waals surface area contributed by atoms with Crippen molar-refractivity contribution in [3.05, 3.63) is 29.1 Å². The Morgan fingerprint density at radius 3 is 2.87 bits per heavy atom. The van der Waals surface area contributed by atoms with E-state index in [1.165, 1.54) is 6.07 Å². The fourth-order valence-corrected chi connectivity index (χ4v) is 2.22. The summed E-state index contributed by atoms with van der Waals surface area (Å²) in [6, 6.07) is 3.15. The number of halogens is 1. The summed E-state index contributed by atoms with van der Waals surface area (Å²) in [5.41, 5.74) is 1.68. The van der Waals surface area contributed by atoms with Crippen molar-refractivity contribution in [2.45, 2.75) is 32.2 Å². The summed E-state index contributed by atoms with van der Waals surface area (Å²) in [7, 11) is 0. The Morgan fingerprint density at radius 2 is 2.20 bits per heavy atom. The third-order valence-corrected chi connectivity index (χ3v) is 3.04. The number of nitrogens with one attached hydrogen (secondary N) is 1. The smallest absolute Gasteiger partial charge is 0.165 e. The molecule has 0 saturated carbocycles. The van der Waals surface area contributed by atoms with E-state index in [-0.39, 0.29) is 11.8 Å². The maximum Gasteiger partial charge on any atom is 0.165 e. The minimum atomic E-state index is -0.525. The highest BCUT2D eigenvalue weighted by Crippen LogP contribution is 2.34. The van der Waals surface area contributed by atoms with E-state index < -0.39 is 5.82 Å². The van der Waals surface area contributed by atoms with Gasteiger partial charge < -0.3 is 10.4 Å². The molecular weight excluding hydrogens is 193 g/mol. The molecule has 1 aliphatic rings. The van der Waals surface area contributed by atoms with Crippen LogP contribution in [0.5, 0.6) is 5.75 Å². The molecule has 1 aliphatic heterocycles. The minimum Gasteiger partial charge on any atom is -0.505 e. The SMILES string of the molecule is Cc1ccc(F)c(O)c1[C@H]1CCCCN1. The van der Waals surface area contributed by atoms with Gasteiger partial charge in [0.05, 0.1) is 0 Å². The monoisotopic (exact) mass is 209 g/mol. The summed E-state index contributed by atoms with van der Waals surface area (Å²) in [6.07, 6.45) is 3.26. The van der Waals surface area contributed by atoms with Crippen molar-refractivity contribution in [3.8, 4) is 5.75 Å². The number of rotatable bonds is 1. The van der Waals surface area contributed by atoms with Crippen molar-refractivity contribution in [2.75, 3.05) is 6.54 Å². The first-order valence-corrected chi connectivity index (χ1v) is 5.41. The molecule has 0 aromatic heterocycles. The van der Waals surface area contributed by atoms with Crippen LogP contribution in [0, 0.1) is 12.7 Å². The van der Waals surface area contributed by atoms with Crippen molar-refractivity contribution in [3.63, 3.8) is 0 Å². The quantitative estimate of drug-likeness (QED) is 0.745. The van der Waals surface area contributed by atoms with Crippen LogP contribution < -0.4 is 5.32 Å². The van der Waals surface area contributed by atoms with Crippen LogP contribution in [-0.2, 0) is 0 Å². The third kappa shape index (κ3) is 1.97. The minimum absolute atomic E-state index is 0.106. The fourth-order valence-electron chi connectivity index (χ4n) is 2.22. The van der Waals surface area contributed by atoms with E-state index in [4.69, 9.17) is 0 Å². The second-order valence-corrected chi connectivity index (χ2v) is 4.13. The lowest BCUT2D eigenvalue weighted by molar-refractivity contribution is 0.376. The standard InChI is InChI=1S/C12H16FNO/c1-8-5-6-9(13)12(15)11(8)10-4-2-3-7-14-10/h5-6,10,14-15H,2-4,7H2,1H3/t10-/m1/s1. The Kier molecular flexibility index (Phi) is 2.91. The van der Waals surface area contributed by atoms with Gasteiger partial charge in [-0.25, -0.2) is 4.39 Å². The van der Waals surface area contributed by atoms with E-state index in [1.807, 2.05) is 6.92 Å². The van der Waals surface area contributed by atoms with E-state index in [0.717, 1.165) is 36.9 Å².